The summed E-state index contributed by atoms with van der Waals surface area (Å²) in [5.41, 5.74) is 1.02. The van der Waals surface area contributed by atoms with E-state index in [1.807, 2.05) is 0 Å². The van der Waals surface area contributed by atoms with Gasteiger partial charge in [0.05, 0.1) is 5.75 Å². The quantitative estimate of drug-likeness (QED) is 0.394. The maximum atomic E-state index is 11.6. The first-order chi connectivity index (χ1) is 6.62. The number of hydrogen-bond donors (Lipinski definition) is 1. The standard InChI is InChI=1S/C9H9NO3S/c1-14(12)6-8(10-11)7-4-2-3-5-9(7)13-14/h2-5,11H,1,6H2/b10-8+. The van der Waals surface area contributed by atoms with Crippen molar-refractivity contribution in [2.45, 2.75) is 0 Å². The van der Waals surface area contributed by atoms with Crippen LogP contribution >= 0.6 is 0 Å². The van der Waals surface area contributed by atoms with Crippen LogP contribution in [0.1, 0.15) is 5.56 Å². The molecule has 1 atom stereocenters. The van der Waals surface area contributed by atoms with Crippen molar-refractivity contribution in [2.75, 3.05) is 5.75 Å². The van der Waals surface area contributed by atoms with Crippen LogP contribution in [0.15, 0.2) is 29.4 Å². The highest BCUT2D eigenvalue weighted by Gasteiger charge is 2.23. The largest absolute Gasteiger partial charge is 0.411 e. The van der Waals surface area contributed by atoms with Crippen LogP contribution in [-0.2, 0) is 9.80 Å². The molecule has 1 N–H and O–H groups in total. The molecule has 0 aliphatic carbocycles. The summed E-state index contributed by atoms with van der Waals surface area (Å²) in [5.74, 6) is 3.93. The van der Waals surface area contributed by atoms with Crippen molar-refractivity contribution in [3.05, 3.63) is 29.8 Å². The Balaban J connectivity index is 2.63. The fourth-order valence-electron chi connectivity index (χ4n) is 1.34. The van der Waals surface area contributed by atoms with Crippen LogP contribution in [0.3, 0.4) is 0 Å². The fraction of sp³-hybridized carbons (Fsp3) is 0.111. The minimum Gasteiger partial charge on any atom is -0.411 e. The van der Waals surface area contributed by atoms with Gasteiger partial charge in [0.15, 0.2) is 0 Å². The van der Waals surface area contributed by atoms with E-state index in [0.717, 1.165) is 0 Å². The normalized spacial score (nSPS) is 28.1. The summed E-state index contributed by atoms with van der Waals surface area (Å²) in [6.07, 6.45) is 0. The Labute approximate surface area is 82.0 Å². The van der Waals surface area contributed by atoms with E-state index >= 15 is 0 Å². The molecule has 0 spiro atoms. The predicted octanol–water partition coefficient (Wildman–Crippen LogP) is 0.889. The van der Waals surface area contributed by atoms with Gasteiger partial charge >= 0.3 is 0 Å². The predicted molar refractivity (Wildman–Crippen MR) is 55.5 cm³/mol. The highest BCUT2D eigenvalue weighted by atomic mass is 32.2. The summed E-state index contributed by atoms with van der Waals surface area (Å²) in [5, 5.41) is 11.9. The van der Waals surface area contributed by atoms with Crippen LogP contribution in [0.5, 0.6) is 5.75 Å². The molecule has 0 aromatic heterocycles. The van der Waals surface area contributed by atoms with E-state index in [-0.39, 0.29) is 5.75 Å². The maximum Gasteiger partial charge on any atom is 0.148 e. The summed E-state index contributed by atoms with van der Waals surface area (Å²) in [7, 11) is -2.65. The minimum atomic E-state index is -2.65. The van der Waals surface area contributed by atoms with E-state index in [1.54, 1.807) is 24.3 Å². The first kappa shape index (κ1) is 9.08. The molecule has 0 fully saturated rings. The summed E-state index contributed by atoms with van der Waals surface area (Å²) >= 11 is 0. The second kappa shape index (κ2) is 3.02. The van der Waals surface area contributed by atoms with Gasteiger partial charge in [-0.2, -0.15) is 0 Å². The maximum absolute atomic E-state index is 11.6. The van der Waals surface area contributed by atoms with Crippen LogP contribution in [0.25, 0.3) is 0 Å². The Morgan fingerprint density at radius 1 is 1.50 bits per heavy atom. The average molecular weight is 211 g/mol. The van der Waals surface area contributed by atoms with E-state index in [1.165, 1.54) is 0 Å². The molecule has 1 aromatic rings. The lowest BCUT2D eigenvalue weighted by molar-refractivity contribution is 0.318. The topological polar surface area (TPSA) is 58.9 Å². The van der Waals surface area contributed by atoms with Crippen molar-refractivity contribution in [3.63, 3.8) is 0 Å². The van der Waals surface area contributed by atoms with Gasteiger partial charge in [-0.3, -0.25) is 0 Å². The number of nitrogens with zero attached hydrogens (tertiary/aromatic N) is 1. The molecule has 0 saturated carbocycles. The Morgan fingerprint density at radius 2 is 2.21 bits per heavy atom. The second-order valence-electron chi connectivity index (χ2n) is 3.01. The minimum absolute atomic E-state index is 0.0422. The lowest BCUT2D eigenvalue weighted by atomic mass is 10.1. The Bertz CT molecular complexity index is 491. The van der Waals surface area contributed by atoms with Crippen molar-refractivity contribution in [1.29, 1.82) is 0 Å². The summed E-state index contributed by atoms with van der Waals surface area (Å²) < 4.78 is 16.8. The average Bonchev–Trinajstić information content (AvgIpc) is 2.15. The van der Waals surface area contributed by atoms with Crippen molar-refractivity contribution >= 4 is 21.4 Å². The van der Waals surface area contributed by atoms with Gasteiger partial charge in [0.25, 0.3) is 0 Å². The number of fused-ring (bicyclic) bond motifs is 1. The number of rotatable bonds is 0. The van der Waals surface area contributed by atoms with E-state index in [9.17, 15) is 4.21 Å². The molecular weight excluding hydrogens is 202 g/mol. The third-order valence-corrected chi connectivity index (χ3v) is 3.11. The fourth-order valence-corrected chi connectivity index (χ4v) is 2.50. The van der Waals surface area contributed by atoms with E-state index < -0.39 is 9.80 Å². The molecule has 1 unspecified atom stereocenters. The third kappa shape index (κ3) is 1.46. The molecule has 0 amide bonds. The zero-order chi connectivity index (χ0) is 10.2. The molecule has 5 heteroatoms. The molecule has 2 rings (SSSR count). The molecule has 1 aliphatic heterocycles. The highest BCUT2D eigenvalue weighted by molar-refractivity contribution is 7.97. The zero-order valence-electron chi connectivity index (χ0n) is 7.34. The van der Waals surface area contributed by atoms with Gasteiger partial charge in [0.1, 0.15) is 21.3 Å². The molecule has 1 heterocycles. The second-order valence-corrected chi connectivity index (χ2v) is 4.96. The Hall–Kier alpha value is -1.49. The zero-order valence-corrected chi connectivity index (χ0v) is 8.16. The SMILES string of the molecule is C=S1(=O)C/C(=N\O)c2ccccc2O1. The van der Waals surface area contributed by atoms with Crippen molar-refractivity contribution in [2.24, 2.45) is 5.16 Å². The monoisotopic (exact) mass is 211 g/mol. The van der Waals surface area contributed by atoms with E-state index in [4.69, 9.17) is 9.39 Å². The summed E-state index contributed by atoms with van der Waals surface area (Å²) in [6, 6.07) is 6.97. The Kier molecular flexibility index (Phi) is 1.96. The van der Waals surface area contributed by atoms with Crippen LogP contribution in [-0.4, -0.2) is 26.8 Å². The van der Waals surface area contributed by atoms with Crippen molar-refractivity contribution in [1.82, 2.24) is 0 Å². The lowest BCUT2D eigenvalue weighted by Crippen LogP contribution is -2.27. The number of para-hydroxylation sites is 1. The summed E-state index contributed by atoms with van der Waals surface area (Å²) in [6.45, 7) is 0. The van der Waals surface area contributed by atoms with Crippen molar-refractivity contribution in [3.8, 4) is 5.75 Å². The van der Waals surface area contributed by atoms with E-state index in [0.29, 0.717) is 17.0 Å². The Morgan fingerprint density at radius 3 is 2.93 bits per heavy atom. The molecule has 74 valence electrons. The molecule has 0 saturated heterocycles. The van der Waals surface area contributed by atoms with Crippen LogP contribution < -0.4 is 4.18 Å². The van der Waals surface area contributed by atoms with Gasteiger partial charge < -0.3 is 9.39 Å². The van der Waals surface area contributed by atoms with E-state index in [2.05, 4.69) is 11.0 Å². The highest BCUT2D eigenvalue weighted by Crippen LogP contribution is 2.25. The molecular formula is C9H9NO3S. The number of hydrogen-bond acceptors (Lipinski definition) is 4. The third-order valence-electron chi connectivity index (χ3n) is 1.92. The van der Waals surface area contributed by atoms with Gasteiger partial charge in [-0.25, -0.2) is 4.21 Å². The van der Waals surface area contributed by atoms with Gasteiger partial charge in [0.2, 0.25) is 0 Å². The molecule has 4 nitrogen and oxygen atoms in total. The molecule has 14 heavy (non-hydrogen) atoms. The smallest absolute Gasteiger partial charge is 0.148 e. The van der Waals surface area contributed by atoms with Gasteiger partial charge in [-0.15, -0.1) is 0 Å². The molecule has 0 radical (unpaired) electrons. The van der Waals surface area contributed by atoms with Crippen molar-refractivity contribution < 1.29 is 13.6 Å². The summed E-state index contributed by atoms with van der Waals surface area (Å²) in [4.78, 5) is 0. The number of benzene rings is 1. The first-order valence-corrected chi connectivity index (χ1v) is 5.79. The first-order valence-electron chi connectivity index (χ1n) is 3.97. The lowest BCUT2D eigenvalue weighted by Gasteiger charge is -2.20. The molecule has 1 aliphatic rings. The van der Waals surface area contributed by atoms with Gasteiger partial charge in [0, 0.05) is 5.56 Å². The number of oxime groups is 1. The van der Waals surface area contributed by atoms with Crippen LogP contribution in [0.2, 0.25) is 0 Å². The van der Waals surface area contributed by atoms with Gasteiger partial charge in [-0.1, -0.05) is 17.3 Å². The molecule has 0 bridgehead atoms. The van der Waals surface area contributed by atoms with Crippen LogP contribution in [0.4, 0.5) is 0 Å². The van der Waals surface area contributed by atoms with Crippen LogP contribution in [0, 0.1) is 0 Å². The van der Waals surface area contributed by atoms with Gasteiger partial charge in [-0.05, 0) is 18.0 Å². The molecule has 1 aromatic carbocycles.